The topological polar surface area (TPSA) is 9.34 Å². The molecular formula is C40H26N2. The summed E-state index contributed by atoms with van der Waals surface area (Å²) >= 11 is 0. The number of hydrogen-bond donors (Lipinski definition) is 0. The molecule has 3 aromatic heterocycles. The van der Waals surface area contributed by atoms with E-state index in [2.05, 4.69) is 132 Å². The van der Waals surface area contributed by atoms with Crippen LogP contribution in [0.4, 0.5) is 0 Å². The molecule has 0 atom stereocenters. The number of rotatable bonds is 0. The number of para-hydroxylation sites is 4. The van der Waals surface area contributed by atoms with Crippen molar-refractivity contribution in [2.24, 2.45) is 0 Å². The highest BCUT2D eigenvalue weighted by Crippen LogP contribution is 2.57. The predicted molar refractivity (Wildman–Crippen MR) is 176 cm³/mol. The van der Waals surface area contributed by atoms with Crippen molar-refractivity contribution in [3.8, 4) is 16.8 Å². The molecule has 1 aliphatic heterocycles. The second kappa shape index (κ2) is 6.86. The molecule has 0 amide bonds. The molecule has 2 nitrogen and oxygen atoms in total. The first kappa shape index (κ1) is 21.6. The zero-order valence-electron chi connectivity index (χ0n) is 23.5. The second-order valence-corrected chi connectivity index (χ2v) is 12.9. The summed E-state index contributed by atoms with van der Waals surface area (Å²) in [6.07, 6.45) is 0.986. The summed E-state index contributed by atoms with van der Waals surface area (Å²) in [7, 11) is 0. The molecule has 0 bridgehead atoms. The molecule has 0 radical (unpaired) electrons. The van der Waals surface area contributed by atoms with E-state index in [-0.39, 0.29) is 5.41 Å². The molecule has 6 aromatic carbocycles. The fraction of sp³-hybridized carbons (Fsp3) is 0.100. The lowest BCUT2D eigenvalue weighted by atomic mass is 9.78. The van der Waals surface area contributed by atoms with E-state index in [0.29, 0.717) is 0 Å². The van der Waals surface area contributed by atoms with Crippen molar-refractivity contribution in [2.75, 3.05) is 0 Å². The Morgan fingerprint density at radius 2 is 1.12 bits per heavy atom. The normalized spacial score (nSPS) is 15.0. The van der Waals surface area contributed by atoms with Crippen molar-refractivity contribution in [3.63, 3.8) is 0 Å². The highest BCUT2D eigenvalue weighted by atomic mass is 15.0. The van der Waals surface area contributed by atoms with Crippen molar-refractivity contribution < 1.29 is 0 Å². The molecule has 1 aliphatic carbocycles. The molecule has 0 saturated heterocycles. The van der Waals surface area contributed by atoms with Crippen LogP contribution in [-0.2, 0) is 11.8 Å². The van der Waals surface area contributed by atoms with E-state index in [0.717, 1.165) is 6.42 Å². The van der Waals surface area contributed by atoms with E-state index >= 15 is 0 Å². The van der Waals surface area contributed by atoms with Gasteiger partial charge < -0.3 is 8.97 Å². The highest BCUT2D eigenvalue weighted by molar-refractivity contribution is 6.26. The van der Waals surface area contributed by atoms with Gasteiger partial charge in [0.2, 0.25) is 0 Å². The Bertz CT molecular complexity index is 2680. The summed E-state index contributed by atoms with van der Waals surface area (Å²) in [5.41, 5.74) is 16.3. The Kier molecular flexibility index (Phi) is 3.53. The van der Waals surface area contributed by atoms with E-state index in [4.69, 9.17) is 0 Å². The third-order valence-corrected chi connectivity index (χ3v) is 10.6. The van der Waals surface area contributed by atoms with Crippen molar-refractivity contribution in [1.82, 2.24) is 8.97 Å². The van der Waals surface area contributed by atoms with Crippen LogP contribution in [0.2, 0.25) is 0 Å². The average molecular weight is 535 g/mol. The van der Waals surface area contributed by atoms with Gasteiger partial charge in [0.1, 0.15) is 0 Å². The first-order valence-electron chi connectivity index (χ1n) is 15.0. The van der Waals surface area contributed by atoms with E-state index in [1.807, 2.05) is 0 Å². The van der Waals surface area contributed by atoms with E-state index in [1.54, 1.807) is 0 Å². The molecule has 0 saturated carbocycles. The maximum absolute atomic E-state index is 2.54. The van der Waals surface area contributed by atoms with Gasteiger partial charge in [-0.15, -0.1) is 0 Å². The molecular weight excluding hydrogens is 508 g/mol. The lowest BCUT2D eigenvalue weighted by Crippen LogP contribution is -2.16. The monoisotopic (exact) mass is 534 g/mol. The molecule has 11 rings (SSSR count). The molecule has 4 heterocycles. The van der Waals surface area contributed by atoms with Crippen LogP contribution >= 0.6 is 0 Å². The summed E-state index contributed by atoms with van der Waals surface area (Å²) in [6, 6.07) is 41.2. The average Bonchev–Trinajstić information content (AvgIpc) is 3.71. The van der Waals surface area contributed by atoms with Gasteiger partial charge in [-0.25, -0.2) is 0 Å². The summed E-state index contributed by atoms with van der Waals surface area (Å²) in [5, 5.41) is 8.25. The number of nitrogens with zero attached hydrogens (tertiary/aromatic N) is 2. The predicted octanol–water partition coefficient (Wildman–Crippen LogP) is 10.1. The number of aromatic nitrogens is 2. The van der Waals surface area contributed by atoms with Crippen molar-refractivity contribution in [1.29, 1.82) is 0 Å². The minimum atomic E-state index is -0.166. The van der Waals surface area contributed by atoms with Crippen LogP contribution in [0.3, 0.4) is 0 Å². The van der Waals surface area contributed by atoms with Crippen LogP contribution in [0.15, 0.2) is 109 Å². The summed E-state index contributed by atoms with van der Waals surface area (Å²) in [5.74, 6) is 0. The van der Waals surface area contributed by atoms with Gasteiger partial charge in [-0.05, 0) is 57.6 Å². The Labute approximate surface area is 242 Å². The maximum atomic E-state index is 2.54. The fourth-order valence-electron chi connectivity index (χ4n) is 9.10. The quantitative estimate of drug-likeness (QED) is 0.183. The molecule has 0 spiro atoms. The van der Waals surface area contributed by atoms with Crippen molar-refractivity contribution >= 4 is 59.9 Å². The van der Waals surface area contributed by atoms with Gasteiger partial charge >= 0.3 is 0 Å². The molecule has 2 aliphatic rings. The molecule has 0 fully saturated rings. The molecule has 0 unspecified atom stereocenters. The van der Waals surface area contributed by atoms with Crippen LogP contribution in [0.1, 0.15) is 36.1 Å². The first-order valence-corrected chi connectivity index (χ1v) is 15.0. The zero-order chi connectivity index (χ0) is 27.5. The number of fused-ring (bicyclic) bond motifs is 16. The SMILES string of the molecule is CC1(C)c2c(ccc3c2c2cccc4c2n3-c2ccccc2C4)-c2ccc3c(c21)c1cccc2c4ccccc4n3c21. The van der Waals surface area contributed by atoms with Gasteiger partial charge in [0, 0.05) is 49.8 Å². The van der Waals surface area contributed by atoms with E-state index < -0.39 is 0 Å². The van der Waals surface area contributed by atoms with Gasteiger partial charge in [-0.3, -0.25) is 0 Å². The van der Waals surface area contributed by atoms with Crippen molar-refractivity contribution in [2.45, 2.75) is 25.7 Å². The van der Waals surface area contributed by atoms with Gasteiger partial charge in [-0.1, -0.05) is 98.8 Å². The third kappa shape index (κ3) is 2.21. The Morgan fingerprint density at radius 1 is 0.500 bits per heavy atom. The summed E-state index contributed by atoms with van der Waals surface area (Å²) in [6.45, 7) is 4.92. The Balaban J connectivity index is 1.32. The van der Waals surface area contributed by atoms with Gasteiger partial charge in [0.15, 0.2) is 0 Å². The molecule has 196 valence electrons. The largest absolute Gasteiger partial charge is 0.309 e. The molecule has 0 N–H and O–H groups in total. The van der Waals surface area contributed by atoms with E-state index in [9.17, 15) is 0 Å². The van der Waals surface area contributed by atoms with Gasteiger partial charge in [-0.2, -0.15) is 0 Å². The van der Waals surface area contributed by atoms with Crippen LogP contribution in [-0.4, -0.2) is 8.97 Å². The smallest absolute Gasteiger partial charge is 0.0620 e. The van der Waals surface area contributed by atoms with Crippen LogP contribution in [0, 0.1) is 0 Å². The number of hydrogen-bond acceptors (Lipinski definition) is 0. The zero-order valence-corrected chi connectivity index (χ0v) is 23.5. The molecule has 42 heavy (non-hydrogen) atoms. The van der Waals surface area contributed by atoms with Gasteiger partial charge in [0.25, 0.3) is 0 Å². The molecule has 2 heteroatoms. The Hall–Kier alpha value is -5.08. The standard InChI is InChI=1S/C40H26N2/c1-40(2)36-25(17-19-32-34(36)28-13-7-10-23-21-22-9-3-5-15-30(22)41(32)38(23)28)26-18-20-33-35(37(26)40)29-14-8-12-27-24-11-4-6-16-31(24)42(33)39(27)29/h3-20H,21H2,1-2H3. The third-order valence-electron chi connectivity index (χ3n) is 10.6. The maximum Gasteiger partial charge on any atom is 0.0620 e. The van der Waals surface area contributed by atoms with E-state index in [1.165, 1.54) is 99.0 Å². The second-order valence-electron chi connectivity index (χ2n) is 12.9. The first-order chi connectivity index (χ1) is 20.6. The summed E-state index contributed by atoms with van der Waals surface area (Å²) < 4.78 is 5.06. The van der Waals surface area contributed by atoms with Crippen LogP contribution in [0.25, 0.3) is 76.7 Å². The van der Waals surface area contributed by atoms with Crippen LogP contribution in [0.5, 0.6) is 0 Å². The fourth-order valence-corrected chi connectivity index (χ4v) is 9.10. The molecule has 9 aromatic rings. The lowest BCUT2D eigenvalue weighted by molar-refractivity contribution is 0.673. The minimum absolute atomic E-state index is 0.166. The van der Waals surface area contributed by atoms with Crippen molar-refractivity contribution in [3.05, 3.63) is 131 Å². The Morgan fingerprint density at radius 3 is 1.98 bits per heavy atom. The van der Waals surface area contributed by atoms with Gasteiger partial charge in [0.05, 0.1) is 27.6 Å². The highest BCUT2D eigenvalue weighted by Gasteiger charge is 2.41. The minimum Gasteiger partial charge on any atom is -0.309 e. The lowest BCUT2D eigenvalue weighted by Gasteiger charge is -2.24. The number of benzene rings is 6. The van der Waals surface area contributed by atoms with Crippen LogP contribution < -0.4 is 0 Å². The summed E-state index contributed by atoms with van der Waals surface area (Å²) in [4.78, 5) is 0.